The maximum absolute atomic E-state index is 10.8. The molecule has 1 aromatic rings. The fourth-order valence-electron chi connectivity index (χ4n) is 1.15. The van der Waals surface area contributed by atoms with Crippen LogP contribution in [0.5, 0.6) is 0 Å². The lowest BCUT2D eigenvalue weighted by Crippen LogP contribution is -2.31. The van der Waals surface area contributed by atoms with Crippen LogP contribution in [0.2, 0.25) is 0 Å². The van der Waals surface area contributed by atoms with E-state index in [4.69, 9.17) is 20.9 Å². The van der Waals surface area contributed by atoms with Crippen LogP contribution in [0.3, 0.4) is 0 Å². The molecule has 84 valence electrons. The Labute approximate surface area is 90.6 Å². The first-order valence-corrected chi connectivity index (χ1v) is 4.21. The fraction of sp³-hybridized carbons (Fsp3) is 0. The Bertz CT molecular complexity index is 434. The van der Waals surface area contributed by atoms with Crippen molar-refractivity contribution in [2.45, 2.75) is 0 Å². The second-order valence-electron chi connectivity index (χ2n) is 2.97. The van der Waals surface area contributed by atoms with E-state index in [0.29, 0.717) is 0 Å². The van der Waals surface area contributed by atoms with Gasteiger partial charge in [-0.15, -0.1) is 0 Å². The summed E-state index contributed by atoms with van der Waals surface area (Å²) in [5, 5.41) is 28.6. The van der Waals surface area contributed by atoms with Crippen molar-refractivity contribution in [3.8, 4) is 0 Å². The summed E-state index contributed by atoms with van der Waals surface area (Å²) in [6.07, 6.45) is 0. The van der Waals surface area contributed by atoms with E-state index in [1.807, 2.05) is 0 Å². The summed E-state index contributed by atoms with van der Waals surface area (Å²) in [4.78, 5) is 21.4. The van der Waals surface area contributed by atoms with Crippen molar-refractivity contribution >= 4 is 30.3 Å². The van der Waals surface area contributed by atoms with Gasteiger partial charge in [0.25, 0.3) is 0 Å². The van der Waals surface area contributed by atoms with E-state index in [1.54, 1.807) is 0 Å². The number of benzene rings is 1. The molecule has 1 rings (SSSR count). The monoisotopic (exact) mass is 224 g/mol. The second kappa shape index (κ2) is 4.64. The summed E-state index contributed by atoms with van der Waals surface area (Å²) < 4.78 is 0. The van der Waals surface area contributed by atoms with Crippen molar-refractivity contribution in [1.82, 2.24) is 0 Å². The van der Waals surface area contributed by atoms with Gasteiger partial charge in [-0.3, -0.25) is 0 Å². The van der Waals surface area contributed by atoms with Crippen LogP contribution in [-0.4, -0.2) is 34.3 Å². The summed E-state index contributed by atoms with van der Waals surface area (Å²) in [5.74, 6) is -1.26. The standard InChI is InChI=1S/C8H9BN2O5/c10-8(14)11-6-3-4(9(15)16)1-2-5(6)7(12)13/h1-3,15-16H,(H,12,13)(H3,10,11,14). The number of carboxylic acid groups (broad SMARTS) is 1. The molecular weight excluding hydrogens is 215 g/mol. The molecule has 2 amide bonds. The van der Waals surface area contributed by atoms with Crippen molar-refractivity contribution < 1.29 is 24.7 Å². The number of carbonyl (C=O) groups is 2. The molecule has 0 bridgehead atoms. The zero-order valence-electron chi connectivity index (χ0n) is 8.04. The number of urea groups is 1. The molecule has 0 aliphatic rings. The Balaban J connectivity index is 3.20. The lowest BCUT2D eigenvalue weighted by molar-refractivity contribution is 0.0698. The number of carboxylic acids is 1. The summed E-state index contributed by atoms with van der Waals surface area (Å²) in [6.45, 7) is 0. The van der Waals surface area contributed by atoms with Crippen LogP contribution in [0, 0.1) is 0 Å². The average molecular weight is 224 g/mol. The van der Waals surface area contributed by atoms with Gasteiger partial charge in [0.2, 0.25) is 0 Å². The first-order valence-electron chi connectivity index (χ1n) is 4.21. The minimum atomic E-state index is -1.75. The van der Waals surface area contributed by atoms with Gasteiger partial charge in [-0.25, -0.2) is 9.59 Å². The molecule has 16 heavy (non-hydrogen) atoms. The van der Waals surface area contributed by atoms with Crippen LogP contribution in [0.4, 0.5) is 10.5 Å². The molecule has 0 atom stereocenters. The molecule has 0 radical (unpaired) electrons. The number of rotatable bonds is 3. The largest absolute Gasteiger partial charge is 0.488 e. The number of aromatic carboxylic acids is 1. The van der Waals surface area contributed by atoms with Gasteiger partial charge < -0.3 is 26.2 Å². The quantitative estimate of drug-likeness (QED) is 0.400. The Morgan fingerprint density at radius 1 is 1.31 bits per heavy atom. The number of hydrogen-bond acceptors (Lipinski definition) is 4. The summed E-state index contributed by atoms with van der Waals surface area (Å²) in [7, 11) is -1.75. The minimum absolute atomic E-state index is 0.0498. The summed E-state index contributed by atoms with van der Waals surface area (Å²) in [6, 6.07) is 2.55. The van der Waals surface area contributed by atoms with Crippen molar-refractivity contribution in [1.29, 1.82) is 0 Å². The van der Waals surface area contributed by atoms with Crippen LogP contribution in [-0.2, 0) is 0 Å². The van der Waals surface area contributed by atoms with Gasteiger partial charge in [-0.1, -0.05) is 6.07 Å². The van der Waals surface area contributed by atoms with E-state index < -0.39 is 19.1 Å². The zero-order chi connectivity index (χ0) is 12.3. The number of hydrogen-bond donors (Lipinski definition) is 5. The number of anilines is 1. The number of nitrogens with two attached hydrogens (primary N) is 1. The molecule has 1 aromatic carbocycles. The molecule has 0 unspecified atom stereocenters. The van der Waals surface area contributed by atoms with Gasteiger partial charge in [0.05, 0.1) is 11.3 Å². The highest BCUT2D eigenvalue weighted by molar-refractivity contribution is 6.58. The molecule has 6 N–H and O–H groups in total. The molecule has 0 aromatic heterocycles. The van der Waals surface area contributed by atoms with Crippen LogP contribution in [0.25, 0.3) is 0 Å². The van der Waals surface area contributed by atoms with Gasteiger partial charge in [0.15, 0.2) is 0 Å². The van der Waals surface area contributed by atoms with Gasteiger partial charge in [0, 0.05) is 0 Å². The SMILES string of the molecule is NC(=O)Nc1cc(B(O)O)ccc1C(=O)O. The van der Waals surface area contributed by atoms with Gasteiger partial charge in [0.1, 0.15) is 0 Å². The third kappa shape index (κ3) is 2.72. The predicted molar refractivity (Wildman–Crippen MR) is 56.4 cm³/mol. The number of primary amides is 1. The first kappa shape index (κ1) is 12.0. The Hall–Kier alpha value is -2.06. The average Bonchev–Trinajstić information content (AvgIpc) is 2.15. The molecule has 0 spiro atoms. The zero-order valence-corrected chi connectivity index (χ0v) is 8.04. The van der Waals surface area contributed by atoms with Gasteiger partial charge in [-0.05, 0) is 17.6 Å². The molecule has 0 fully saturated rings. The van der Waals surface area contributed by atoms with Crippen molar-refractivity contribution in [3.05, 3.63) is 23.8 Å². The minimum Gasteiger partial charge on any atom is -0.478 e. The maximum atomic E-state index is 10.8. The fourth-order valence-corrected chi connectivity index (χ4v) is 1.15. The normalized spacial score (nSPS) is 9.62. The molecule has 0 saturated heterocycles. The van der Waals surface area contributed by atoms with Crippen LogP contribution < -0.4 is 16.5 Å². The predicted octanol–water partition coefficient (Wildman–Crippen LogP) is -1.44. The Morgan fingerprint density at radius 3 is 2.38 bits per heavy atom. The van der Waals surface area contributed by atoms with E-state index in [1.165, 1.54) is 6.07 Å². The highest BCUT2D eigenvalue weighted by Gasteiger charge is 2.17. The van der Waals surface area contributed by atoms with Gasteiger partial charge in [-0.2, -0.15) is 0 Å². The lowest BCUT2D eigenvalue weighted by Gasteiger charge is -2.08. The van der Waals surface area contributed by atoms with Crippen LogP contribution in [0.1, 0.15) is 10.4 Å². The van der Waals surface area contributed by atoms with Crippen LogP contribution in [0.15, 0.2) is 18.2 Å². The number of carbonyl (C=O) groups excluding carboxylic acids is 1. The first-order chi connectivity index (χ1) is 7.41. The van der Waals surface area contributed by atoms with E-state index in [0.717, 1.165) is 12.1 Å². The van der Waals surface area contributed by atoms with Gasteiger partial charge >= 0.3 is 19.1 Å². The highest BCUT2D eigenvalue weighted by atomic mass is 16.4. The Morgan fingerprint density at radius 2 is 1.94 bits per heavy atom. The van der Waals surface area contributed by atoms with E-state index >= 15 is 0 Å². The topological polar surface area (TPSA) is 133 Å². The second-order valence-corrected chi connectivity index (χ2v) is 2.97. The molecule has 0 heterocycles. The summed E-state index contributed by atoms with van der Waals surface area (Å²) >= 11 is 0. The van der Waals surface area contributed by atoms with Crippen LogP contribution >= 0.6 is 0 Å². The third-order valence-corrected chi connectivity index (χ3v) is 1.83. The molecular formula is C8H9BN2O5. The smallest absolute Gasteiger partial charge is 0.478 e. The number of amides is 2. The summed E-state index contributed by atoms with van der Waals surface area (Å²) in [5.41, 5.74) is 4.62. The van der Waals surface area contributed by atoms with Crippen molar-refractivity contribution in [2.24, 2.45) is 5.73 Å². The highest BCUT2D eigenvalue weighted by Crippen LogP contribution is 2.13. The number of nitrogens with one attached hydrogen (secondary N) is 1. The van der Waals surface area contributed by atoms with E-state index in [-0.39, 0.29) is 16.7 Å². The molecule has 0 aliphatic carbocycles. The molecule has 0 aliphatic heterocycles. The Kier molecular flexibility index (Phi) is 3.49. The molecule has 0 saturated carbocycles. The molecule has 7 nitrogen and oxygen atoms in total. The van der Waals surface area contributed by atoms with E-state index in [9.17, 15) is 9.59 Å². The lowest BCUT2D eigenvalue weighted by atomic mass is 9.79. The van der Waals surface area contributed by atoms with E-state index in [2.05, 4.69) is 5.32 Å². The van der Waals surface area contributed by atoms with Crippen molar-refractivity contribution in [3.63, 3.8) is 0 Å². The van der Waals surface area contributed by atoms with Crippen molar-refractivity contribution in [2.75, 3.05) is 5.32 Å². The molecule has 8 heteroatoms. The third-order valence-electron chi connectivity index (χ3n) is 1.83. The maximum Gasteiger partial charge on any atom is 0.488 e.